The molecule has 0 bridgehead atoms. The van der Waals surface area contributed by atoms with Crippen molar-refractivity contribution in [1.82, 2.24) is 4.98 Å². The van der Waals surface area contributed by atoms with Gasteiger partial charge in [0.15, 0.2) is 4.34 Å². The number of thioether (sulfide) groups is 2. The van der Waals surface area contributed by atoms with Crippen molar-refractivity contribution in [2.75, 3.05) is 10.5 Å². The van der Waals surface area contributed by atoms with Crippen LogP contribution in [0, 0.1) is 10.1 Å². The average Bonchev–Trinajstić information content (AvgIpc) is 3.32. The van der Waals surface area contributed by atoms with Crippen LogP contribution in [0.1, 0.15) is 78.1 Å². The van der Waals surface area contributed by atoms with Crippen LogP contribution < -0.4 is 4.72 Å². The molecule has 0 amide bonds. The first-order valence-electron chi connectivity index (χ1n) is 13.8. The van der Waals surface area contributed by atoms with E-state index < -0.39 is 26.2 Å². The molecule has 0 radical (unpaired) electrons. The summed E-state index contributed by atoms with van der Waals surface area (Å²) in [6.45, 7) is 3.79. The molecular formula is C28H37N3O6S4. The zero-order valence-corrected chi connectivity index (χ0v) is 26.6. The summed E-state index contributed by atoms with van der Waals surface area (Å²) in [5.41, 5.74) is 0.681. The number of aliphatic carboxylic acids is 1. The standard InChI is InChI=1S/C28H37N3O6S4/c1-3-4-5-6-7-8-9-10-11-12-17-38-25-16-14-22(19-24(25)31(34)35)41(36,37)30-21-13-15-23-26(18-21)40-28(29-23)39-20(2)27(32)33/h13-16,18-20,30H,3-12,17H2,1-2H3,(H,32,33). The van der Waals surface area contributed by atoms with Crippen molar-refractivity contribution < 1.29 is 23.2 Å². The van der Waals surface area contributed by atoms with Crippen LogP contribution in [-0.4, -0.2) is 40.4 Å². The predicted molar refractivity (Wildman–Crippen MR) is 169 cm³/mol. The third kappa shape index (κ3) is 10.5. The van der Waals surface area contributed by atoms with Crippen molar-refractivity contribution >= 4 is 72.4 Å². The molecule has 0 aliphatic carbocycles. The van der Waals surface area contributed by atoms with Crippen LogP contribution in [0.5, 0.6) is 0 Å². The van der Waals surface area contributed by atoms with E-state index in [2.05, 4.69) is 16.6 Å². The molecular weight excluding hydrogens is 603 g/mol. The van der Waals surface area contributed by atoms with E-state index >= 15 is 0 Å². The average molecular weight is 640 g/mol. The Morgan fingerprint density at radius 2 is 1.71 bits per heavy atom. The second kappa shape index (κ2) is 16.3. The smallest absolute Gasteiger partial charge is 0.316 e. The van der Waals surface area contributed by atoms with Gasteiger partial charge in [-0.1, -0.05) is 76.5 Å². The Labute approximate surface area is 254 Å². The summed E-state index contributed by atoms with van der Waals surface area (Å²) in [7, 11) is -4.09. The first-order chi connectivity index (χ1) is 19.6. The molecule has 2 aromatic carbocycles. The van der Waals surface area contributed by atoms with Gasteiger partial charge in [-0.3, -0.25) is 19.6 Å². The second-order valence-electron chi connectivity index (χ2n) is 9.78. The Hall–Kier alpha value is -2.35. The monoisotopic (exact) mass is 639 g/mol. The molecule has 0 saturated carbocycles. The fourth-order valence-electron chi connectivity index (χ4n) is 4.13. The lowest BCUT2D eigenvalue weighted by molar-refractivity contribution is -0.388. The number of rotatable bonds is 19. The summed E-state index contributed by atoms with van der Waals surface area (Å²) in [6, 6.07) is 8.83. The molecule has 1 atom stereocenters. The maximum atomic E-state index is 13.1. The number of hydrogen-bond acceptors (Lipinski definition) is 9. The van der Waals surface area contributed by atoms with Gasteiger partial charge in [-0.05, 0) is 49.4 Å². The Morgan fingerprint density at radius 3 is 2.34 bits per heavy atom. The summed E-state index contributed by atoms with van der Waals surface area (Å²) in [4.78, 5) is 27.0. The van der Waals surface area contributed by atoms with E-state index in [4.69, 9.17) is 5.11 Å². The van der Waals surface area contributed by atoms with Crippen molar-refractivity contribution in [3.63, 3.8) is 0 Å². The van der Waals surface area contributed by atoms with E-state index in [-0.39, 0.29) is 16.3 Å². The zero-order chi connectivity index (χ0) is 29.8. The minimum absolute atomic E-state index is 0.191. The summed E-state index contributed by atoms with van der Waals surface area (Å²) in [6.07, 6.45) is 12.2. The molecule has 3 aromatic rings. The summed E-state index contributed by atoms with van der Waals surface area (Å²) in [5.74, 6) is -0.206. The van der Waals surface area contributed by atoms with Gasteiger partial charge < -0.3 is 5.11 Å². The highest BCUT2D eigenvalue weighted by Crippen LogP contribution is 2.35. The summed E-state index contributed by atoms with van der Waals surface area (Å²) in [5, 5.41) is 20.2. The van der Waals surface area contributed by atoms with Gasteiger partial charge in [0.05, 0.1) is 30.6 Å². The molecule has 2 N–H and O–H groups in total. The number of fused-ring (bicyclic) bond motifs is 1. The molecule has 1 heterocycles. The molecule has 0 aliphatic rings. The minimum atomic E-state index is -4.09. The molecule has 9 nitrogen and oxygen atoms in total. The first kappa shape index (κ1) is 33.2. The Kier molecular flexibility index (Phi) is 13.2. The minimum Gasteiger partial charge on any atom is -0.480 e. The third-order valence-electron chi connectivity index (χ3n) is 6.44. The van der Waals surface area contributed by atoms with Crippen LogP contribution >= 0.6 is 34.9 Å². The number of thiazole rings is 1. The number of unbranched alkanes of at least 4 members (excludes halogenated alkanes) is 9. The predicted octanol–water partition coefficient (Wildman–Crippen LogP) is 8.58. The van der Waals surface area contributed by atoms with Crippen molar-refractivity contribution in [2.45, 2.75) is 97.4 Å². The number of nitrogens with zero attached hydrogens (tertiary/aromatic N) is 2. The Bertz CT molecular complexity index is 1430. The number of aromatic nitrogens is 1. The van der Waals surface area contributed by atoms with Gasteiger partial charge in [0.2, 0.25) is 0 Å². The number of nitro groups is 1. The Balaban J connectivity index is 1.57. The van der Waals surface area contributed by atoms with Gasteiger partial charge >= 0.3 is 5.97 Å². The number of nitrogens with one attached hydrogen (secondary N) is 1. The fraction of sp³-hybridized carbons (Fsp3) is 0.500. The SMILES string of the molecule is CCCCCCCCCCCCSc1ccc(S(=O)(=O)Nc2ccc3nc(SC(C)C(=O)O)sc3c2)cc1[N+](=O)[O-]. The van der Waals surface area contributed by atoms with E-state index in [1.807, 2.05) is 0 Å². The number of benzene rings is 2. The molecule has 41 heavy (non-hydrogen) atoms. The normalized spacial score (nSPS) is 12.4. The molecule has 0 aliphatic heterocycles. The zero-order valence-electron chi connectivity index (χ0n) is 23.3. The third-order valence-corrected chi connectivity index (χ3v) is 11.2. The lowest BCUT2D eigenvalue weighted by Crippen LogP contribution is -2.13. The van der Waals surface area contributed by atoms with E-state index in [1.165, 1.54) is 80.2 Å². The number of sulfonamides is 1. The van der Waals surface area contributed by atoms with Gasteiger partial charge in [0.25, 0.3) is 15.7 Å². The number of carboxylic acid groups (broad SMARTS) is 1. The van der Waals surface area contributed by atoms with E-state index in [0.29, 0.717) is 19.5 Å². The Morgan fingerprint density at radius 1 is 1.05 bits per heavy atom. The molecule has 3 rings (SSSR count). The van der Waals surface area contributed by atoms with Crippen LogP contribution in [0.2, 0.25) is 0 Å². The van der Waals surface area contributed by atoms with Crippen molar-refractivity contribution in [2.24, 2.45) is 0 Å². The summed E-state index contributed by atoms with van der Waals surface area (Å²) >= 11 is 3.77. The summed E-state index contributed by atoms with van der Waals surface area (Å²) < 4.78 is 29.9. The van der Waals surface area contributed by atoms with Gasteiger partial charge in [-0.25, -0.2) is 13.4 Å². The second-order valence-corrected chi connectivity index (χ2v) is 15.2. The highest BCUT2D eigenvalue weighted by molar-refractivity contribution is 8.02. The van der Waals surface area contributed by atoms with E-state index in [9.17, 15) is 23.3 Å². The van der Waals surface area contributed by atoms with Crippen LogP contribution in [0.15, 0.2) is 50.5 Å². The van der Waals surface area contributed by atoms with Crippen molar-refractivity contribution in [1.29, 1.82) is 0 Å². The van der Waals surface area contributed by atoms with E-state index in [0.717, 1.165) is 42.8 Å². The van der Waals surface area contributed by atoms with Gasteiger partial charge in [0.1, 0.15) is 5.25 Å². The number of carboxylic acids is 1. The molecule has 0 saturated heterocycles. The quantitative estimate of drug-likeness (QED) is 0.0571. The van der Waals surface area contributed by atoms with Crippen LogP contribution in [0.4, 0.5) is 11.4 Å². The van der Waals surface area contributed by atoms with Crippen LogP contribution in [-0.2, 0) is 14.8 Å². The van der Waals surface area contributed by atoms with Crippen LogP contribution in [0.25, 0.3) is 10.2 Å². The molecule has 1 aromatic heterocycles. The molecule has 0 spiro atoms. The number of hydrogen-bond donors (Lipinski definition) is 2. The number of anilines is 1. The first-order valence-corrected chi connectivity index (χ1v) is 18.0. The molecule has 1 unspecified atom stereocenters. The van der Waals surface area contributed by atoms with Crippen molar-refractivity contribution in [3.8, 4) is 0 Å². The largest absolute Gasteiger partial charge is 0.480 e. The van der Waals surface area contributed by atoms with Gasteiger partial charge in [-0.15, -0.1) is 23.1 Å². The molecule has 224 valence electrons. The maximum Gasteiger partial charge on any atom is 0.316 e. The highest BCUT2D eigenvalue weighted by Gasteiger charge is 2.22. The van der Waals surface area contributed by atoms with E-state index in [1.54, 1.807) is 25.1 Å². The van der Waals surface area contributed by atoms with Crippen LogP contribution in [0.3, 0.4) is 0 Å². The van der Waals surface area contributed by atoms with Crippen molar-refractivity contribution in [3.05, 3.63) is 46.5 Å². The van der Waals surface area contributed by atoms with Gasteiger partial charge in [-0.2, -0.15) is 0 Å². The fourth-order valence-corrected chi connectivity index (χ4v) is 8.40. The lowest BCUT2D eigenvalue weighted by Gasteiger charge is -2.10. The lowest BCUT2D eigenvalue weighted by atomic mass is 10.1. The molecule has 0 fully saturated rings. The highest BCUT2D eigenvalue weighted by atomic mass is 32.2. The molecule has 13 heteroatoms. The number of carbonyl (C=O) groups is 1. The topological polar surface area (TPSA) is 140 Å². The van der Waals surface area contributed by atoms with Gasteiger partial charge in [0, 0.05) is 6.07 Å². The number of nitro benzene ring substituents is 1. The maximum absolute atomic E-state index is 13.1.